The molecule has 0 aromatic carbocycles. The topological polar surface area (TPSA) is 46.1 Å². The van der Waals surface area contributed by atoms with Gasteiger partial charge in [0.1, 0.15) is 0 Å². The van der Waals surface area contributed by atoms with E-state index in [1.54, 1.807) is 0 Å². The van der Waals surface area contributed by atoms with Gasteiger partial charge in [0, 0.05) is 0 Å². The summed E-state index contributed by atoms with van der Waals surface area (Å²) < 4.78 is 0. The minimum Gasteiger partial charge on any atom is -0.857 e. The number of hydrogen-bond acceptors (Lipinski definition) is 2. The van der Waals surface area contributed by atoms with Gasteiger partial charge in [0.05, 0.1) is 0 Å². The summed E-state index contributed by atoms with van der Waals surface area (Å²) in [5.41, 5.74) is 2.73. The average molecular weight is 221 g/mol. The third-order valence-electron chi connectivity index (χ3n) is 1.14. The molecule has 4 heteroatoms. The molecule has 1 rings (SSSR count). The van der Waals surface area contributed by atoms with Crippen molar-refractivity contribution in [3.05, 3.63) is 22.7 Å². The molecule has 0 spiro atoms. The number of rotatable bonds is 0. The average Bonchev–Trinajstić information content (AvgIpc) is 2.44. The van der Waals surface area contributed by atoms with Gasteiger partial charge in [-0.2, -0.15) is 36.9 Å². The first kappa shape index (κ1) is 18.2. The minimum absolute atomic E-state index is 0. The summed E-state index contributed by atoms with van der Waals surface area (Å²) in [6.45, 7) is 4.23. The van der Waals surface area contributed by atoms with E-state index >= 15 is 0 Å². The molecule has 12 heavy (non-hydrogen) atoms. The van der Waals surface area contributed by atoms with E-state index in [9.17, 15) is 0 Å². The van der Waals surface area contributed by atoms with Crippen molar-refractivity contribution < 1.29 is 31.9 Å². The molecule has 1 aromatic heterocycles. The van der Waals surface area contributed by atoms with Gasteiger partial charge in [0.15, 0.2) is 0 Å². The van der Waals surface area contributed by atoms with Crippen LogP contribution in [0, 0.1) is 19.6 Å². The largest absolute Gasteiger partial charge is 3.00 e. The molecule has 0 fully saturated rings. The van der Waals surface area contributed by atoms with Gasteiger partial charge in [-0.25, -0.2) is 0 Å². The van der Waals surface area contributed by atoms with Crippen LogP contribution in [0.3, 0.4) is 0 Å². The Morgan fingerprint density at radius 2 is 1.58 bits per heavy atom. The van der Waals surface area contributed by atoms with Crippen molar-refractivity contribution in [3.63, 3.8) is 0 Å². The van der Waals surface area contributed by atoms with Crippen molar-refractivity contribution >= 4 is 8.19 Å². The molecule has 0 N–H and O–H groups in total. The number of aryl methyl sites for hydroxylation is 2. The minimum atomic E-state index is 0. The molecule has 0 saturated heterocycles. The molecular weight excluding hydrogens is 207 g/mol. The van der Waals surface area contributed by atoms with E-state index in [4.69, 9.17) is 10.2 Å². The van der Waals surface area contributed by atoms with Gasteiger partial charge in [0.2, 0.25) is 0 Å². The standard InChI is InChI=1S/C6H8P.2CH3O.Ti/c1-5-3-7-4-6(5)2;2*1-2;/h3,7H,1-2H3;2*1H3;/q3*-1;+3. The summed E-state index contributed by atoms with van der Waals surface area (Å²) in [6.07, 6.45) is 0. The molecule has 67 valence electrons. The zero-order valence-electron chi connectivity index (χ0n) is 7.89. The van der Waals surface area contributed by atoms with Crippen molar-refractivity contribution in [2.24, 2.45) is 0 Å². The predicted octanol–water partition coefficient (Wildman–Crippen LogP) is 0.0854. The van der Waals surface area contributed by atoms with Crippen LogP contribution in [0.15, 0.2) is 5.80 Å². The molecule has 1 radical (unpaired) electrons. The van der Waals surface area contributed by atoms with Crippen molar-refractivity contribution in [1.29, 1.82) is 0 Å². The van der Waals surface area contributed by atoms with Gasteiger partial charge < -0.3 is 10.2 Å². The van der Waals surface area contributed by atoms with Crippen molar-refractivity contribution in [1.82, 2.24) is 0 Å². The Hall–Kier alpha value is 0.414. The molecule has 0 bridgehead atoms. The molecule has 0 aliphatic heterocycles. The Kier molecular flexibility index (Phi) is 21.2. The molecule has 1 atom stereocenters. The molecule has 2 nitrogen and oxygen atoms in total. The Bertz CT molecular complexity index is 149. The zero-order chi connectivity index (χ0) is 9.28. The van der Waals surface area contributed by atoms with Crippen LogP contribution >= 0.6 is 8.19 Å². The van der Waals surface area contributed by atoms with Crippen LogP contribution < -0.4 is 10.2 Å². The molecule has 1 unspecified atom stereocenters. The fourth-order valence-electron chi connectivity index (χ4n) is 0.459. The van der Waals surface area contributed by atoms with E-state index in [0.29, 0.717) is 0 Å². The summed E-state index contributed by atoms with van der Waals surface area (Å²) in [4.78, 5) is 0. The van der Waals surface area contributed by atoms with E-state index in [0.717, 1.165) is 22.4 Å². The van der Waals surface area contributed by atoms with Crippen molar-refractivity contribution in [2.45, 2.75) is 13.8 Å². The van der Waals surface area contributed by atoms with Crippen LogP contribution in [0.1, 0.15) is 11.1 Å². The quantitative estimate of drug-likeness (QED) is 0.460. The SMILES string of the molecule is C[O-].C[O-].Cc1[c-][pH]cc1C.[Ti+3]. The smallest absolute Gasteiger partial charge is 0.857 e. The maximum Gasteiger partial charge on any atom is 3.00 e. The fraction of sp³-hybridized carbons (Fsp3) is 0.500. The third kappa shape index (κ3) is 8.51. The summed E-state index contributed by atoms with van der Waals surface area (Å²) in [6, 6.07) is 0. The monoisotopic (exact) mass is 221 g/mol. The molecule has 0 amide bonds. The van der Waals surface area contributed by atoms with E-state index in [2.05, 4.69) is 25.4 Å². The second-order valence-corrected chi connectivity index (χ2v) is 2.55. The van der Waals surface area contributed by atoms with Crippen LogP contribution in [0.4, 0.5) is 0 Å². The van der Waals surface area contributed by atoms with Crippen molar-refractivity contribution in [2.75, 3.05) is 14.2 Å². The molecule has 0 saturated carbocycles. The van der Waals surface area contributed by atoms with E-state index in [-0.39, 0.29) is 21.7 Å². The van der Waals surface area contributed by atoms with Crippen molar-refractivity contribution in [3.8, 4) is 0 Å². The summed E-state index contributed by atoms with van der Waals surface area (Å²) in [5, 5.41) is 16.5. The maximum absolute atomic E-state index is 8.25. The second kappa shape index (κ2) is 14.0. The van der Waals surface area contributed by atoms with Gasteiger partial charge >= 0.3 is 21.7 Å². The van der Waals surface area contributed by atoms with Crippen LogP contribution in [0.2, 0.25) is 0 Å². The third-order valence-corrected chi connectivity index (χ3v) is 2.24. The van der Waals surface area contributed by atoms with Gasteiger partial charge in [-0.3, -0.25) is 8.19 Å². The Morgan fingerprint density at radius 3 is 1.67 bits per heavy atom. The van der Waals surface area contributed by atoms with Crippen LogP contribution in [0.5, 0.6) is 0 Å². The Balaban J connectivity index is -0.000000144. The number of hydrogen-bond donors (Lipinski definition) is 0. The van der Waals surface area contributed by atoms with Gasteiger partial charge in [0.25, 0.3) is 0 Å². The first-order chi connectivity index (χ1) is 5.30. The predicted molar refractivity (Wildman–Crippen MR) is 46.1 cm³/mol. The fourth-order valence-corrected chi connectivity index (χ4v) is 1.38. The van der Waals surface area contributed by atoms with Crippen LogP contribution in [-0.2, 0) is 21.7 Å². The van der Waals surface area contributed by atoms with E-state index in [1.807, 2.05) is 0 Å². The van der Waals surface area contributed by atoms with Gasteiger partial charge in [-0.1, -0.05) is 13.8 Å². The first-order valence-corrected chi connectivity index (χ1v) is 4.22. The molecular formula is C8H14O2PTi. The second-order valence-electron chi connectivity index (χ2n) is 1.72. The van der Waals surface area contributed by atoms with Gasteiger partial charge in [-0.15, -0.1) is 0 Å². The Morgan fingerprint density at radius 1 is 1.17 bits per heavy atom. The molecule has 0 aliphatic rings. The normalized spacial score (nSPS) is 7.17. The summed E-state index contributed by atoms with van der Waals surface area (Å²) in [7, 11) is 2.32. The Labute approximate surface area is 91.0 Å². The summed E-state index contributed by atoms with van der Waals surface area (Å²) in [5.74, 6) is 5.44. The zero-order valence-corrected chi connectivity index (χ0v) is 10.5. The first-order valence-electron chi connectivity index (χ1n) is 3.14. The molecule has 1 heterocycles. The summed E-state index contributed by atoms with van der Waals surface area (Å²) >= 11 is 0. The molecule has 0 aliphatic carbocycles. The van der Waals surface area contributed by atoms with E-state index in [1.165, 1.54) is 11.1 Å². The maximum atomic E-state index is 8.25. The van der Waals surface area contributed by atoms with Crippen LogP contribution in [0.25, 0.3) is 0 Å². The van der Waals surface area contributed by atoms with Crippen LogP contribution in [-0.4, -0.2) is 14.2 Å². The van der Waals surface area contributed by atoms with E-state index < -0.39 is 0 Å². The van der Waals surface area contributed by atoms with Gasteiger partial charge in [-0.05, 0) is 0 Å². The molecule has 1 aromatic rings.